The van der Waals surface area contributed by atoms with Crippen molar-refractivity contribution in [2.75, 3.05) is 6.61 Å². The molecular weight excluding hydrogens is 200 g/mol. The van der Waals surface area contributed by atoms with Gasteiger partial charge in [0.05, 0.1) is 6.61 Å². The minimum Gasteiger partial charge on any atom is -0.456 e. The molecule has 11 heavy (non-hydrogen) atoms. The standard InChI is InChI=1S/C6H10O2S3/c1-4(2)3-7-5(9)8-6(10)11/h4H,3H2,1-2H3,(H,10,11). The molecule has 2 nitrogen and oxygen atoms in total. The van der Waals surface area contributed by atoms with Gasteiger partial charge in [-0.3, -0.25) is 0 Å². The van der Waals surface area contributed by atoms with Crippen molar-refractivity contribution in [2.24, 2.45) is 5.92 Å². The zero-order chi connectivity index (χ0) is 8.85. The second kappa shape index (κ2) is 5.74. The van der Waals surface area contributed by atoms with Crippen molar-refractivity contribution >= 4 is 46.7 Å². The average molecular weight is 210 g/mol. The predicted molar refractivity (Wildman–Crippen MR) is 56.1 cm³/mol. The first-order valence-corrected chi connectivity index (χ1v) is 4.36. The highest BCUT2D eigenvalue weighted by Crippen LogP contribution is 1.97. The van der Waals surface area contributed by atoms with E-state index in [2.05, 4.69) is 37.1 Å². The highest BCUT2D eigenvalue weighted by atomic mass is 32.1. The summed E-state index contributed by atoms with van der Waals surface area (Å²) in [7, 11) is 0. The van der Waals surface area contributed by atoms with Gasteiger partial charge < -0.3 is 9.47 Å². The lowest BCUT2D eigenvalue weighted by Gasteiger charge is -2.08. The minimum atomic E-state index is 0.0405. The fourth-order valence-corrected chi connectivity index (χ4v) is 0.760. The van der Waals surface area contributed by atoms with E-state index >= 15 is 0 Å². The molecule has 0 aliphatic rings. The second-order valence-corrected chi connectivity index (χ2v) is 3.74. The van der Waals surface area contributed by atoms with Crippen LogP contribution in [0.25, 0.3) is 0 Å². The van der Waals surface area contributed by atoms with Gasteiger partial charge in [0.2, 0.25) is 4.38 Å². The average Bonchev–Trinajstić information content (AvgIpc) is 1.82. The third-order valence-corrected chi connectivity index (χ3v) is 1.08. The fourth-order valence-electron chi connectivity index (χ4n) is 0.335. The van der Waals surface area contributed by atoms with Crippen LogP contribution < -0.4 is 0 Å². The van der Waals surface area contributed by atoms with Crippen LogP contribution in [0.5, 0.6) is 0 Å². The minimum absolute atomic E-state index is 0.0405. The van der Waals surface area contributed by atoms with Gasteiger partial charge in [-0.2, -0.15) is 0 Å². The summed E-state index contributed by atoms with van der Waals surface area (Å²) in [6.07, 6.45) is 0. The first-order valence-electron chi connectivity index (χ1n) is 3.10. The van der Waals surface area contributed by atoms with Crippen LogP contribution in [0.2, 0.25) is 0 Å². The highest BCUT2D eigenvalue weighted by Gasteiger charge is 2.01. The van der Waals surface area contributed by atoms with Gasteiger partial charge in [-0.25, -0.2) is 0 Å². The molecule has 0 aliphatic heterocycles. The third-order valence-electron chi connectivity index (χ3n) is 0.705. The van der Waals surface area contributed by atoms with Gasteiger partial charge in [0.25, 0.3) is 0 Å². The summed E-state index contributed by atoms with van der Waals surface area (Å²) < 4.78 is 9.77. The third kappa shape index (κ3) is 8.03. The lowest BCUT2D eigenvalue weighted by atomic mass is 10.2. The normalized spacial score (nSPS) is 9.45. The Balaban J connectivity index is 3.46. The summed E-state index contributed by atoms with van der Waals surface area (Å²) in [5.74, 6) is 0.421. The quantitative estimate of drug-likeness (QED) is 0.556. The van der Waals surface area contributed by atoms with E-state index in [9.17, 15) is 0 Å². The molecule has 5 heteroatoms. The maximum Gasteiger partial charge on any atom is 0.359 e. The Hall–Kier alpha value is 0.130. The van der Waals surface area contributed by atoms with Crippen LogP contribution in [-0.2, 0) is 9.47 Å². The summed E-state index contributed by atoms with van der Waals surface area (Å²) in [4.78, 5) is 0. The molecule has 0 heterocycles. The van der Waals surface area contributed by atoms with Crippen LogP contribution in [0.15, 0.2) is 0 Å². The van der Waals surface area contributed by atoms with E-state index in [-0.39, 0.29) is 9.62 Å². The Kier molecular flexibility index (Phi) is 5.81. The van der Waals surface area contributed by atoms with Crippen LogP contribution in [0.1, 0.15) is 13.8 Å². The van der Waals surface area contributed by atoms with Crippen molar-refractivity contribution in [2.45, 2.75) is 13.8 Å². The molecule has 0 saturated carbocycles. The Morgan fingerprint density at radius 3 is 2.36 bits per heavy atom. The molecule has 0 aromatic carbocycles. The molecule has 0 spiro atoms. The van der Waals surface area contributed by atoms with Crippen molar-refractivity contribution in [3.8, 4) is 0 Å². The molecule has 64 valence electrons. The molecule has 0 aromatic rings. The molecule has 0 amide bonds. The predicted octanol–water partition coefficient (Wildman–Crippen LogP) is 2.18. The van der Waals surface area contributed by atoms with Crippen molar-refractivity contribution in [3.05, 3.63) is 0 Å². The second-order valence-electron chi connectivity index (χ2n) is 2.32. The Morgan fingerprint density at radius 2 is 2.00 bits per heavy atom. The first-order chi connectivity index (χ1) is 5.02. The van der Waals surface area contributed by atoms with E-state index in [4.69, 9.17) is 9.47 Å². The highest BCUT2D eigenvalue weighted by molar-refractivity contribution is 8.10. The molecule has 0 aromatic heterocycles. The Labute approximate surface area is 82.7 Å². The molecule has 0 unspecified atom stereocenters. The van der Waals surface area contributed by atoms with Gasteiger partial charge in [0.1, 0.15) is 0 Å². The smallest absolute Gasteiger partial charge is 0.359 e. The molecule has 0 fully saturated rings. The van der Waals surface area contributed by atoms with Crippen molar-refractivity contribution < 1.29 is 9.47 Å². The number of hydrogen-bond donors (Lipinski definition) is 1. The SMILES string of the molecule is CC(C)COC(=S)OC(=S)S. The zero-order valence-electron chi connectivity index (χ0n) is 6.36. The number of thiocarbonyl (C=S) groups is 2. The summed E-state index contributed by atoms with van der Waals surface area (Å²) in [6, 6.07) is 0. The maximum absolute atomic E-state index is 4.99. The van der Waals surface area contributed by atoms with Crippen molar-refractivity contribution in [1.29, 1.82) is 0 Å². The molecule has 0 N–H and O–H groups in total. The van der Waals surface area contributed by atoms with Crippen LogP contribution in [0.3, 0.4) is 0 Å². The monoisotopic (exact) mass is 210 g/mol. The van der Waals surface area contributed by atoms with Gasteiger partial charge in [-0.15, -0.1) is 0 Å². The molecule has 0 bridgehead atoms. The molecular formula is C6H10O2S3. The number of hydrogen-bond acceptors (Lipinski definition) is 4. The molecule has 0 aliphatic carbocycles. The number of thiol groups is 1. The summed E-state index contributed by atoms with van der Waals surface area (Å²) in [5, 5.41) is 0.0405. The van der Waals surface area contributed by atoms with E-state index in [0.29, 0.717) is 12.5 Å². The number of ether oxygens (including phenoxy) is 2. The summed E-state index contributed by atoms with van der Waals surface area (Å²) in [5.41, 5.74) is 0. The van der Waals surface area contributed by atoms with Crippen molar-refractivity contribution in [3.63, 3.8) is 0 Å². The van der Waals surface area contributed by atoms with E-state index in [1.54, 1.807) is 0 Å². The van der Waals surface area contributed by atoms with E-state index in [0.717, 1.165) is 0 Å². The van der Waals surface area contributed by atoms with Gasteiger partial charge in [0.15, 0.2) is 0 Å². The largest absolute Gasteiger partial charge is 0.456 e. The summed E-state index contributed by atoms with van der Waals surface area (Å²) in [6.45, 7) is 4.57. The van der Waals surface area contributed by atoms with Crippen LogP contribution >= 0.6 is 37.1 Å². The van der Waals surface area contributed by atoms with Crippen LogP contribution in [-0.4, -0.2) is 16.2 Å². The van der Waals surface area contributed by atoms with E-state index in [1.165, 1.54) is 0 Å². The van der Waals surface area contributed by atoms with Crippen molar-refractivity contribution in [1.82, 2.24) is 0 Å². The molecule has 0 atom stereocenters. The molecule has 0 rings (SSSR count). The zero-order valence-corrected chi connectivity index (χ0v) is 8.89. The lowest BCUT2D eigenvalue weighted by Crippen LogP contribution is -2.12. The Morgan fingerprint density at radius 1 is 1.45 bits per heavy atom. The van der Waals surface area contributed by atoms with Gasteiger partial charge in [-0.1, -0.05) is 26.5 Å². The Bertz CT molecular complexity index is 156. The number of rotatable bonds is 2. The van der Waals surface area contributed by atoms with Gasteiger partial charge >= 0.3 is 5.24 Å². The summed E-state index contributed by atoms with van der Waals surface area (Å²) >= 11 is 12.9. The van der Waals surface area contributed by atoms with Crippen LogP contribution in [0.4, 0.5) is 0 Å². The van der Waals surface area contributed by atoms with Gasteiger partial charge in [-0.05, 0) is 18.1 Å². The molecule has 0 radical (unpaired) electrons. The van der Waals surface area contributed by atoms with E-state index < -0.39 is 0 Å². The molecule has 0 saturated heterocycles. The fraction of sp³-hybridized carbons (Fsp3) is 0.667. The van der Waals surface area contributed by atoms with Gasteiger partial charge in [0, 0.05) is 12.2 Å². The van der Waals surface area contributed by atoms with E-state index in [1.807, 2.05) is 13.8 Å². The first kappa shape index (κ1) is 11.1. The topological polar surface area (TPSA) is 18.5 Å². The van der Waals surface area contributed by atoms with Crippen LogP contribution in [0, 0.1) is 5.92 Å². The lowest BCUT2D eigenvalue weighted by molar-refractivity contribution is 0.215. The maximum atomic E-state index is 4.99.